The summed E-state index contributed by atoms with van der Waals surface area (Å²) in [5.41, 5.74) is 0.605. The van der Waals surface area contributed by atoms with Gasteiger partial charge in [0.25, 0.3) is 11.8 Å². The van der Waals surface area contributed by atoms with Gasteiger partial charge in [-0.1, -0.05) is 0 Å². The van der Waals surface area contributed by atoms with Gasteiger partial charge in [0.2, 0.25) is 0 Å². The van der Waals surface area contributed by atoms with Gasteiger partial charge in [0.1, 0.15) is 17.3 Å². The Labute approximate surface area is 182 Å². The van der Waals surface area contributed by atoms with Crippen LogP contribution in [0.1, 0.15) is 54.6 Å². The number of pyridine rings is 1. The third-order valence-electron chi connectivity index (χ3n) is 4.66. The second kappa shape index (κ2) is 9.92. The number of carbonyl (C=O) groups is 2. The lowest BCUT2D eigenvalue weighted by molar-refractivity contribution is -0.154. The quantitative estimate of drug-likeness (QED) is 0.590. The molecule has 1 unspecified atom stereocenters. The van der Waals surface area contributed by atoms with Gasteiger partial charge in [0.15, 0.2) is 12.4 Å². The first-order chi connectivity index (χ1) is 15.2. The number of aromatic nitrogens is 3. The van der Waals surface area contributed by atoms with E-state index in [-0.39, 0.29) is 47.9 Å². The van der Waals surface area contributed by atoms with E-state index in [2.05, 4.69) is 20.3 Å². The smallest absolute Gasteiger partial charge is 0.422 e. The second-order valence-electron chi connectivity index (χ2n) is 7.38. The van der Waals surface area contributed by atoms with Crippen LogP contribution in [-0.2, 0) is 11.2 Å². The van der Waals surface area contributed by atoms with Gasteiger partial charge in [0.05, 0.1) is 19.1 Å². The minimum absolute atomic E-state index is 0.0401. The number of nitrogens with zero attached hydrogens (tertiary/aromatic N) is 3. The molecule has 1 amide bonds. The topological polar surface area (TPSA) is 103 Å². The van der Waals surface area contributed by atoms with Gasteiger partial charge in [-0.25, -0.2) is 15.0 Å². The number of ketones is 1. The van der Waals surface area contributed by atoms with Crippen molar-refractivity contribution in [2.75, 3.05) is 13.2 Å². The molecule has 1 atom stereocenters. The Balaban J connectivity index is 1.67. The highest BCUT2D eigenvalue weighted by atomic mass is 19.4. The lowest BCUT2D eigenvalue weighted by Crippen LogP contribution is -2.28. The molecule has 0 spiro atoms. The number of hydrogen-bond donors (Lipinski definition) is 1. The summed E-state index contributed by atoms with van der Waals surface area (Å²) in [6.45, 7) is 2.05. The van der Waals surface area contributed by atoms with Crippen LogP contribution >= 0.6 is 0 Å². The Morgan fingerprint density at radius 2 is 2.00 bits per heavy atom. The summed E-state index contributed by atoms with van der Waals surface area (Å²) in [4.78, 5) is 36.7. The molecule has 1 saturated carbocycles. The fraction of sp³-hybridized carbons (Fsp3) is 0.476. The lowest BCUT2D eigenvalue weighted by Gasteiger charge is -2.17. The van der Waals surface area contributed by atoms with Gasteiger partial charge >= 0.3 is 6.18 Å². The van der Waals surface area contributed by atoms with Gasteiger partial charge in [0, 0.05) is 18.3 Å². The van der Waals surface area contributed by atoms with Crippen molar-refractivity contribution in [1.29, 1.82) is 0 Å². The molecule has 0 radical (unpaired) electrons. The summed E-state index contributed by atoms with van der Waals surface area (Å²) in [7, 11) is 0. The first-order valence-electron chi connectivity index (χ1n) is 10.1. The number of halogens is 3. The Morgan fingerprint density at radius 3 is 2.66 bits per heavy atom. The molecule has 3 rings (SSSR count). The number of carbonyl (C=O) groups excluding carboxylic acids is 2. The molecule has 32 heavy (non-hydrogen) atoms. The van der Waals surface area contributed by atoms with Crippen molar-refractivity contribution in [3.8, 4) is 11.6 Å². The van der Waals surface area contributed by atoms with Crippen LogP contribution in [-0.4, -0.2) is 46.0 Å². The molecule has 8 nitrogen and oxygen atoms in total. The van der Waals surface area contributed by atoms with E-state index in [1.165, 1.54) is 24.5 Å². The molecule has 11 heteroatoms. The summed E-state index contributed by atoms with van der Waals surface area (Å²) in [5, 5.41) is 2.74. The summed E-state index contributed by atoms with van der Waals surface area (Å²) in [6.07, 6.45) is 0.0678. The molecule has 0 aliphatic heterocycles. The number of hydrogen-bond acceptors (Lipinski definition) is 7. The van der Waals surface area contributed by atoms with E-state index >= 15 is 0 Å². The molecule has 2 heterocycles. The third kappa shape index (κ3) is 6.63. The monoisotopic (exact) mass is 452 g/mol. The summed E-state index contributed by atoms with van der Waals surface area (Å²) >= 11 is 0. The van der Waals surface area contributed by atoms with Crippen molar-refractivity contribution in [2.45, 2.75) is 45.3 Å². The Bertz CT molecular complexity index is 980. The average molecular weight is 452 g/mol. The van der Waals surface area contributed by atoms with Crippen molar-refractivity contribution < 1.29 is 32.2 Å². The zero-order valence-electron chi connectivity index (χ0n) is 17.6. The van der Waals surface area contributed by atoms with E-state index in [9.17, 15) is 22.8 Å². The van der Waals surface area contributed by atoms with Crippen LogP contribution in [0, 0.1) is 5.92 Å². The van der Waals surface area contributed by atoms with Crippen molar-refractivity contribution in [2.24, 2.45) is 5.92 Å². The predicted octanol–water partition coefficient (Wildman–Crippen LogP) is 3.22. The zero-order valence-corrected chi connectivity index (χ0v) is 17.6. The lowest BCUT2D eigenvalue weighted by atomic mass is 10.1. The van der Waals surface area contributed by atoms with E-state index in [1.54, 1.807) is 13.8 Å². The summed E-state index contributed by atoms with van der Waals surface area (Å²) < 4.78 is 47.4. The number of Topliss-reactive ketones (excluding diaryl/α,β-unsaturated/α-hetero) is 1. The number of rotatable bonds is 10. The van der Waals surface area contributed by atoms with E-state index in [4.69, 9.17) is 9.47 Å². The highest BCUT2D eigenvalue weighted by molar-refractivity contribution is 5.92. The molecule has 1 aliphatic carbocycles. The maximum atomic E-state index is 12.6. The molecule has 0 aromatic carbocycles. The minimum atomic E-state index is -4.51. The van der Waals surface area contributed by atoms with E-state index in [0.29, 0.717) is 5.56 Å². The van der Waals surface area contributed by atoms with Crippen LogP contribution in [0.2, 0.25) is 0 Å². The molecular weight excluding hydrogens is 429 g/mol. The number of ether oxygens (including phenoxy) is 2. The molecule has 1 fully saturated rings. The van der Waals surface area contributed by atoms with Crippen LogP contribution in [0.15, 0.2) is 24.5 Å². The Hall–Kier alpha value is -3.24. The van der Waals surface area contributed by atoms with Crippen molar-refractivity contribution in [1.82, 2.24) is 20.3 Å². The number of amides is 1. The van der Waals surface area contributed by atoms with Crippen LogP contribution in [0.4, 0.5) is 13.2 Å². The third-order valence-corrected chi connectivity index (χ3v) is 4.66. The van der Waals surface area contributed by atoms with Crippen LogP contribution in [0.3, 0.4) is 0 Å². The molecule has 1 N–H and O–H groups in total. The Kier molecular flexibility index (Phi) is 7.26. The zero-order chi connectivity index (χ0) is 23.3. The van der Waals surface area contributed by atoms with Gasteiger partial charge in [-0.3, -0.25) is 9.59 Å². The van der Waals surface area contributed by atoms with E-state index in [0.717, 1.165) is 12.8 Å². The SMILES string of the molecule is CCOc1cc(C(C)NC(=O)c2ccnc(CC(=O)C3CC3)n2)cnc1OCC(F)(F)F. The van der Waals surface area contributed by atoms with Crippen molar-refractivity contribution in [3.63, 3.8) is 0 Å². The maximum Gasteiger partial charge on any atom is 0.422 e. The normalized spacial score (nSPS) is 14.5. The minimum Gasteiger partial charge on any atom is -0.488 e. The van der Waals surface area contributed by atoms with E-state index < -0.39 is 24.7 Å². The van der Waals surface area contributed by atoms with Gasteiger partial charge in [-0.05, 0) is 44.4 Å². The van der Waals surface area contributed by atoms with Crippen LogP contribution < -0.4 is 14.8 Å². The first kappa shape index (κ1) is 23.4. The molecule has 1 aliphatic rings. The molecule has 0 bridgehead atoms. The average Bonchev–Trinajstić information content (AvgIpc) is 3.58. The maximum absolute atomic E-state index is 12.6. The summed E-state index contributed by atoms with van der Waals surface area (Å²) in [5.74, 6) is -0.306. The molecule has 2 aromatic heterocycles. The van der Waals surface area contributed by atoms with Crippen LogP contribution in [0.25, 0.3) is 0 Å². The first-order valence-corrected chi connectivity index (χ1v) is 10.1. The van der Waals surface area contributed by atoms with Crippen molar-refractivity contribution in [3.05, 3.63) is 41.6 Å². The molecular formula is C21H23F3N4O4. The largest absolute Gasteiger partial charge is 0.488 e. The number of nitrogens with one attached hydrogen (secondary N) is 1. The highest BCUT2D eigenvalue weighted by Gasteiger charge is 2.30. The van der Waals surface area contributed by atoms with Gasteiger partial charge < -0.3 is 14.8 Å². The molecule has 0 saturated heterocycles. The summed E-state index contributed by atoms with van der Waals surface area (Å²) in [6, 6.07) is 2.34. The Morgan fingerprint density at radius 1 is 1.25 bits per heavy atom. The molecule has 2 aromatic rings. The highest BCUT2D eigenvalue weighted by Crippen LogP contribution is 2.31. The predicted molar refractivity (Wildman–Crippen MR) is 106 cm³/mol. The fourth-order valence-corrected chi connectivity index (χ4v) is 2.87. The fourth-order valence-electron chi connectivity index (χ4n) is 2.87. The van der Waals surface area contributed by atoms with E-state index in [1.807, 2.05) is 0 Å². The molecule has 172 valence electrons. The van der Waals surface area contributed by atoms with Gasteiger partial charge in [-0.15, -0.1) is 0 Å². The number of alkyl halides is 3. The standard InChI is InChI=1S/C21H23F3N4O4/c1-3-31-17-8-14(10-26-20(17)32-11-21(22,23)24)12(2)27-19(30)15-6-7-25-18(28-15)9-16(29)13-4-5-13/h6-8,10,12-13H,3-5,9,11H2,1-2H3,(H,27,30). The second-order valence-corrected chi connectivity index (χ2v) is 7.38. The van der Waals surface area contributed by atoms with Gasteiger partial charge in [-0.2, -0.15) is 13.2 Å². The van der Waals surface area contributed by atoms with Crippen LogP contribution in [0.5, 0.6) is 11.6 Å². The van der Waals surface area contributed by atoms with Crippen molar-refractivity contribution >= 4 is 11.7 Å².